The number of nitrogens with zero attached hydrogens (tertiary/aromatic N) is 3. The lowest BCUT2D eigenvalue weighted by Crippen LogP contribution is -2.46. The minimum absolute atomic E-state index is 0.135. The van der Waals surface area contributed by atoms with Crippen LogP contribution in [-0.2, 0) is 13.1 Å². The van der Waals surface area contributed by atoms with Gasteiger partial charge in [0.15, 0.2) is 0 Å². The predicted molar refractivity (Wildman–Crippen MR) is 80.5 cm³/mol. The Bertz CT molecular complexity index is 406. The average Bonchev–Trinajstić information content (AvgIpc) is 2.93. The Hall–Kier alpha value is -0.910. The molecule has 0 radical (unpaired) electrons. The SMILES string of the molecule is CCCNC(C)(CO)CCCN1CCn2ccnc2C1. The number of imidazole rings is 1. The van der Waals surface area contributed by atoms with Crippen molar-refractivity contribution in [1.82, 2.24) is 19.8 Å². The van der Waals surface area contributed by atoms with E-state index in [-0.39, 0.29) is 12.1 Å². The number of hydrogen-bond donors (Lipinski definition) is 2. The minimum Gasteiger partial charge on any atom is -0.394 e. The van der Waals surface area contributed by atoms with E-state index in [1.165, 1.54) is 5.82 Å². The number of hydrogen-bond acceptors (Lipinski definition) is 4. The van der Waals surface area contributed by atoms with Gasteiger partial charge in [0.1, 0.15) is 5.82 Å². The highest BCUT2D eigenvalue weighted by atomic mass is 16.3. The summed E-state index contributed by atoms with van der Waals surface area (Å²) in [6.45, 7) is 9.62. The molecule has 0 saturated carbocycles. The van der Waals surface area contributed by atoms with E-state index in [2.05, 4.69) is 39.8 Å². The van der Waals surface area contributed by atoms with Crippen LogP contribution in [0.1, 0.15) is 38.9 Å². The first-order valence-electron chi connectivity index (χ1n) is 7.75. The van der Waals surface area contributed by atoms with Crippen molar-refractivity contribution in [2.24, 2.45) is 0 Å². The summed E-state index contributed by atoms with van der Waals surface area (Å²) in [7, 11) is 0. The number of aliphatic hydroxyl groups is 1. The van der Waals surface area contributed by atoms with Gasteiger partial charge in [-0.2, -0.15) is 0 Å². The highest BCUT2D eigenvalue weighted by molar-refractivity contribution is 4.95. The molecule has 0 fully saturated rings. The Morgan fingerprint density at radius 2 is 2.30 bits per heavy atom. The predicted octanol–water partition coefficient (Wildman–Crippen LogP) is 1.23. The van der Waals surface area contributed by atoms with Crippen LogP contribution in [0.25, 0.3) is 0 Å². The smallest absolute Gasteiger partial charge is 0.122 e. The zero-order chi connectivity index (χ0) is 14.4. The third-order valence-corrected chi connectivity index (χ3v) is 4.18. The van der Waals surface area contributed by atoms with Crippen LogP contribution in [-0.4, -0.2) is 51.3 Å². The number of rotatable bonds is 8. The van der Waals surface area contributed by atoms with Crippen molar-refractivity contribution in [3.63, 3.8) is 0 Å². The second-order valence-electron chi connectivity index (χ2n) is 6.06. The van der Waals surface area contributed by atoms with Crippen LogP contribution in [0.4, 0.5) is 0 Å². The standard InChI is InChI=1S/C15H28N4O/c1-3-6-17-15(2,13-20)5-4-8-18-10-11-19-9-7-16-14(19)12-18/h7,9,17,20H,3-6,8,10-13H2,1-2H3. The van der Waals surface area contributed by atoms with Gasteiger partial charge in [0, 0.05) is 31.0 Å². The van der Waals surface area contributed by atoms with Crippen LogP contribution in [0.15, 0.2) is 12.4 Å². The van der Waals surface area contributed by atoms with Crippen molar-refractivity contribution in [2.75, 3.05) is 26.2 Å². The van der Waals surface area contributed by atoms with Gasteiger partial charge in [-0.3, -0.25) is 4.90 Å². The quantitative estimate of drug-likeness (QED) is 0.752. The summed E-state index contributed by atoms with van der Waals surface area (Å²) in [6, 6.07) is 0. The second-order valence-corrected chi connectivity index (χ2v) is 6.06. The van der Waals surface area contributed by atoms with Crippen molar-refractivity contribution < 1.29 is 5.11 Å². The van der Waals surface area contributed by atoms with E-state index >= 15 is 0 Å². The van der Waals surface area contributed by atoms with E-state index in [1.807, 2.05) is 6.20 Å². The highest BCUT2D eigenvalue weighted by Crippen LogP contribution is 2.15. The van der Waals surface area contributed by atoms with Gasteiger partial charge < -0.3 is 15.0 Å². The van der Waals surface area contributed by atoms with E-state index in [1.54, 1.807) is 0 Å². The third kappa shape index (κ3) is 4.04. The Balaban J connectivity index is 1.73. The van der Waals surface area contributed by atoms with Crippen LogP contribution < -0.4 is 5.32 Å². The monoisotopic (exact) mass is 280 g/mol. The molecule has 0 aromatic carbocycles. The zero-order valence-corrected chi connectivity index (χ0v) is 12.8. The van der Waals surface area contributed by atoms with Crippen LogP contribution in [0.3, 0.4) is 0 Å². The molecule has 5 heteroatoms. The van der Waals surface area contributed by atoms with E-state index in [9.17, 15) is 5.11 Å². The summed E-state index contributed by atoms with van der Waals surface area (Å²) in [5.41, 5.74) is -0.135. The van der Waals surface area contributed by atoms with Gasteiger partial charge in [0.2, 0.25) is 0 Å². The minimum atomic E-state index is -0.135. The van der Waals surface area contributed by atoms with Gasteiger partial charge in [-0.15, -0.1) is 0 Å². The van der Waals surface area contributed by atoms with Gasteiger partial charge >= 0.3 is 0 Å². The maximum Gasteiger partial charge on any atom is 0.122 e. The Morgan fingerprint density at radius 1 is 1.45 bits per heavy atom. The fraction of sp³-hybridized carbons (Fsp3) is 0.800. The van der Waals surface area contributed by atoms with Gasteiger partial charge in [-0.25, -0.2) is 4.98 Å². The van der Waals surface area contributed by atoms with Crippen molar-refractivity contribution >= 4 is 0 Å². The molecule has 1 aliphatic heterocycles. The summed E-state index contributed by atoms with van der Waals surface area (Å²) in [6.07, 6.45) is 7.16. The molecule has 114 valence electrons. The lowest BCUT2D eigenvalue weighted by atomic mass is 9.96. The molecule has 0 spiro atoms. The summed E-state index contributed by atoms with van der Waals surface area (Å²) < 4.78 is 2.23. The Kier molecular flexibility index (Phi) is 5.57. The third-order valence-electron chi connectivity index (χ3n) is 4.18. The molecule has 2 N–H and O–H groups in total. The van der Waals surface area contributed by atoms with E-state index in [4.69, 9.17) is 0 Å². The first kappa shape index (κ1) is 15.5. The molecule has 1 unspecified atom stereocenters. The van der Waals surface area contributed by atoms with Crippen molar-refractivity contribution in [3.8, 4) is 0 Å². The summed E-state index contributed by atoms with van der Waals surface area (Å²) in [5, 5.41) is 13.0. The van der Waals surface area contributed by atoms with Crippen LogP contribution in [0.5, 0.6) is 0 Å². The molecule has 20 heavy (non-hydrogen) atoms. The topological polar surface area (TPSA) is 53.3 Å². The number of aromatic nitrogens is 2. The molecule has 1 atom stereocenters. The molecule has 2 heterocycles. The zero-order valence-electron chi connectivity index (χ0n) is 12.8. The van der Waals surface area contributed by atoms with E-state index in [0.717, 1.165) is 52.0 Å². The molecule has 0 bridgehead atoms. The molecule has 5 nitrogen and oxygen atoms in total. The maximum absolute atomic E-state index is 9.56. The molecular formula is C15H28N4O. The molecule has 2 rings (SSSR count). The summed E-state index contributed by atoms with van der Waals surface area (Å²) in [4.78, 5) is 6.85. The average molecular weight is 280 g/mol. The van der Waals surface area contributed by atoms with E-state index in [0.29, 0.717) is 0 Å². The molecule has 1 aromatic rings. The molecule has 0 saturated heterocycles. The van der Waals surface area contributed by atoms with Gasteiger partial charge in [0.25, 0.3) is 0 Å². The van der Waals surface area contributed by atoms with Crippen LogP contribution in [0.2, 0.25) is 0 Å². The molecule has 0 aliphatic carbocycles. The number of aliphatic hydroxyl groups excluding tert-OH is 1. The first-order chi connectivity index (χ1) is 9.67. The van der Waals surface area contributed by atoms with Gasteiger partial charge in [-0.05, 0) is 39.3 Å². The van der Waals surface area contributed by atoms with Crippen LogP contribution in [0, 0.1) is 0 Å². The summed E-state index contributed by atoms with van der Waals surface area (Å²) >= 11 is 0. The molecule has 0 amide bonds. The lowest BCUT2D eigenvalue weighted by Gasteiger charge is -2.31. The van der Waals surface area contributed by atoms with Gasteiger partial charge in [0.05, 0.1) is 13.2 Å². The van der Waals surface area contributed by atoms with Crippen LogP contribution >= 0.6 is 0 Å². The molecule has 1 aliphatic rings. The largest absolute Gasteiger partial charge is 0.394 e. The fourth-order valence-electron chi connectivity index (χ4n) is 2.76. The van der Waals surface area contributed by atoms with Gasteiger partial charge in [-0.1, -0.05) is 6.92 Å². The van der Waals surface area contributed by atoms with Crippen molar-refractivity contribution in [1.29, 1.82) is 0 Å². The Labute approximate surface area is 122 Å². The number of fused-ring (bicyclic) bond motifs is 1. The first-order valence-corrected chi connectivity index (χ1v) is 7.75. The Morgan fingerprint density at radius 3 is 3.05 bits per heavy atom. The maximum atomic E-state index is 9.56. The fourth-order valence-corrected chi connectivity index (χ4v) is 2.76. The normalized spacial score (nSPS) is 18.8. The van der Waals surface area contributed by atoms with E-state index < -0.39 is 0 Å². The number of nitrogens with one attached hydrogen (secondary N) is 1. The highest BCUT2D eigenvalue weighted by Gasteiger charge is 2.23. The van der Waals surface area contributed by atoms with Crippen molar-refractivity contribution in [3.05, 3.63) is 18.2 Å². The molecule has 1 aromatic heterocycles. The lowest BCUT2D eigenvalue weighted by molar-refractivity contribution is 0.150. The second kappa shape index (κ2) is 7.20. The van der Waals surface area contributed by atoms with Crippen molar-refractivity contribution in [2.45, 2.75) is 51.7 Å². The molecular weight excluding hydrogens is 252 g/mol. The summed E-state index contributed by atoms with van der Waals surface area (Å²) in [5.74, 6) is 1.17.